The number of piperidine rings is 1. The molecule has 24 heavy (non-hydrogen) atoms. The first-order chi connectivity index (χ1) is 11.4. The van der Waals surface area contributed by atoms with Crippen LogP contribution in [0.3, 0.4) is 0 Å². The van der Waals surface area contributed by atoms with Crippen molar-refractivity contribution < 1.29 is 19.1 Å². The van der Waals surface area contributed by atoms with Crippen molar-refractivity contribution in [2.75, 3.05) is 24.6 Å². The van der Waals surface area contributed by atoms with Crippen molar-refractivity contribution in [3.05, 3.63) is 18.6 Å². The second kappa shape index (κ2) is 8.08. The second-order valence-electron chi connectivity index (χ2n) is 6.49. The van der Waals surface area contributed by atoms with E-state index in [1.165, 1.54) is 0 Å². The lowest BCUT2D eigenvalue weighted by Crippen LogP contribution is -2.40. The number of hydrogen-bond acceptors (Lipinski definition) is 7. The standard InChI is InChI=1S/C17H25N3O4/c1-4-23-15(21)11-17(2,3)24-16(22)13-5-9-20(10-6-13)14-12-18-7-8-19-14/h7-8,12-13H,4-6,9-11H2,1-3H3. The molecule has 0 N–H and O–H groups in total. The van der Waals surface area contributed by atoms with Crippen molar-refractivity contribution in [2.45, 2.75) is 45.6 Å². The molecule has 2 rings (SSSR count). The highest BCUT2D eigenvalue weighted by Crippen LogP contribution is 2.25. The summed E-state index contributed by atoms with van der Waals surface area (Å²) in [5, 5.41) is 0. The summed E-state index contributed by atoms with van der Waals surface area (Å²) in [4.78, 5) is 34.4. The van der Waals surface area contributed by atoms with Crippen molar-refractivity contribution in [2.24, 2.45) is 5.92 Å². The Morgan fingerprint density at radius 2 is 2.00 bits per heavy atom. The molecule has 0 bridgehead atoms. The van der Waals surface area contributed by atoms with Crippen molar-refractivity contribution in [3.8, 4) is 0 Å². The molecule has 2 heterocycles. The van der Waals surface area contributed by atoms with Crippen molar-refractivity contribution in [1.82, 2.24) is 9.97 Å². The zero-order valence-electron chi connectivity index (χ0n) is 14.5. The minimum atomic E-state index is -0.856. The number of nitrogens with zero attached hydrogens (tertiary/aromatic N) is 3. The third-order valence-corrected chi connectivity index (χ3v) is 3.95. The fourth-order valence-corrected chi connectivity index (χ4v) is 2.75. The van der Waals surface area contributed by atoms with E-state index >= 15 is 0 Å². The van der Waals surface area contributed by atoms with E-state index in [4.69, 9.17) is 9.47 Å². The van der Waals surface area contributed by atoms with Gasteiger partial charge in [0.05, 0.1) is 25.1 Å². The summed E-state index contributed by atoms with van der Waals surface area (Å²) in [5.41, 5.74) is -0.856. The molecule has 0 amide bonds. The Morgan fingerprint density at radius 3 is 2.58 bits per heavy atom. The third-order valence-electron chi connectivity index (χ3n) is 3.95. The largest absolute Gasteiger partial charge is 0.466 e. The average molecular weight is 335 g/mol. The number of esters is 2. The predicted octanol–water partition coefficient (Wildman–Crippen LogP) is 1.97. The van der Waals surface area contributed by atoms with Gasteiger partial charge in [-0.25, -0.2) is 4.98 Å². The van der Waals surface area contributed by atoms with Gasteiger partial charge < -0.3 is 14.4 Å². The van der Waals surface area contributed by atoms with E-state index in [1.807, 2.05) is 0 Å². The van der Waals surface area contributed by atoms with Gasteiger partial charge in [-0.05, 0) is 33.6 Å². The van der Waals surface area contributed by atoms with Gasteiger partial charge in [0.1, 0.15) is 11.4 Å². The van der Waals surface area contributed by atoms with Crippen LogP contribution in [-0.4, -0.2) is 47.2 Å². The zero-order chi connectivity index (χ0) is 17.6. The van der Waals surface area contributed by atoms with Crippen molar-refractivity contribution in [1.29, 1.82) is 0 Å². The lowest BCUT2D eigenvalue weighted by atomic mass is 9.96. The molecule has 0 radical (unpaired) electrons. The van der Waals surface area contributed by atoms with Gasteiger partial charge in [-0.3, -0.25) is 14.6 Å². The average Bonchev–Trinajstić information content (AvgIpc) is 2.55. The van der Waals surface area contributed by atoms with E-state index in [0.29, 0.717) is 19.4 Å². The smallest absolute Gasteiger partial charge is 0.309 e. The van der Waals surface area contributed by atoms with E-state index in [0.717, 1.165) is 18.9 Å². The first-order valence-corrected chi connectivity index (χ1v) is 8.30. The van der Waals surface area contributed by atoms with E-state index in [2.05, 4.69) is 14.9 Å². The van der Waals surface area contributed by atoms with Crippen LogP contribution >= 0.6 is 0 Å². The molecular formula is C17H25N3O4. The molecule has 0 spiro atoms. The van der Waals surface area contributed by atoms with Crippen LogP contribution in [0.2, 0.25) is 0 Å². The summed E-state index contributed by atoms with van der Waals surface area (Å²) < 4.78 is 10.5. The van der Waals surface area contributed by atoms with Gasteiger partial charge in [-0.15, -0.1) is 0 Å². The molecule has 7 nitrogen and oxygen atoms in total. The van der Waals surface area contributed by atoms with Crippen molar-refractivity contribution >= 4 is 17.8 Å². The van der Waals surface area contributed by atoms with Gasteiger partial charge >= 0.3 is 11.9 Å². The molecule has 0 aromatic carbocycles. The zero-order valence-corrected chi connectivity index (χ0v) is 14.5. The van der Waals surface area contributed by atoms with E-state index in [9.17, 15) is 9.59 Å². The maximum absolute atomic E-state index is 12.4. The van der Waals surface area contributed by atoms with E-state index in [1.54, 1.807) is 39.4 Å². The van der Waals surface area contributed by atoms with Crippen LogP contribution in [0.4, 0.5) is 5.82 Å². The number of hydrogen-bond donors (Lipinski definition) is 0. The topological polar surface area (TPSA) is 81.6 Å². The van der Waals surface area contributed by atoms with Gasteiger partial charge in [-0.2, -0.15) is 0 Å². The number of aromatic nitrogens is 2. The number of carbonyl (C=O) groups excluding carboxylic acids is 2. The Bertz CT molecular complexity index is 554. The Balaban J connectivity index is 1.83. The highest BCUT2D eigenvalue weighted by atomic mass is 16.6. The van der Waals surface area contributed by atoms with E-state index in [-0.39, 0.29) is 24.3 Å². The number of rotatable bonds is 6. The van der Waals surface area contributed by atoms with Crippen LogP contribution in [0.25, 0.3) is 0 Å². The predicted molar refractivity (Wildman–Crippen MR) is 88.4 cm³/mol. The van der Waals surface area contributed by atoms with Gasteiger partial charge in [0.2, 0.25) is 0 Å². The molecule has 0 atom stereocenters. The minimum absolute atomic E-state index is 0.0605. The lowest BCUT2D eigenvalue weighted by molar-refractivity contribution is -0.167. The maximum atomic E-state index is 12.4. The number of ether oxygens (including phenoxy) is 2. The molecule has 1 fully saturated rings. The molecule has 1 aromatic rings. The fourth-order valence-electron chi connectivity index (χ4n) is 2.75. The van der Waals surface area contributed by atoms with Gasteiger partial charge in [-0.1, -0.05) is 0 Å². The van der Waals surface area contributed by atoms with Gasteiger partial charge in [0.25, 0.3) is 0 Å². The molecule has 1 aliphatic heterocycles. The second-order valence-corrected chi connectivity index (χ2v) is 6.49. The normalized spacial score (nSPS) is 15.9. The first kappa shape index (κ1) is 18.2. The summed E-state index contributed by atoms with van der Waals surface area (Å²) >= 11 is 0. The Kier molecular flexibility index (Phi) is 6.11. The minimum Gasteiger partial charge on any atom is -0.466 e. The number of carbonyl (C=O) groups is 2. The number of anilines is 1. The molecule has 0 aliphatic carbocycles. The maximum Gasteiger partial charge on any atom is 0.309 e. The molecule has 1 aromatic heterocycles. The van der Waals surface area contributed by atoms with Crippen molar-refractivity contribution in [3.63, 3.8) is 0 Å². The fraction of sp³-hybridized carbons (Fsp3) is 0.647. The van der Waals surface area contributed by atoms with E-state index < -0.39 is 5.60 Å². The summed E-state index contributed by atoms with van der Waals surface area (Å²) in [6.07, 6.45) is 6.48. The Morgan fingerprint density at radius 1 is 1.29 bits per heavy atom. The highest BCUT2D eigenvalue weighted by Gasteiger charge is 2.33. The van der Waals surface area contributed by atoms with Crippen LogP contribution in [0.5, 0.6) is 0 Å². The van der Waals surface area contributed by atoms with Crippen LogP contribution in [-0.2, 0) is 19.1 Å². The van der Waals surface area contributed by atoms with Crippen LogP contribution in [0.15, 0.2) is 18.6 Å². The SMILES string of the molecule is CCOC(=O)CC(C)(C)OC(=O)C1CCN(c2cnccn2)CC1. The van der Waals surface area contributed by atoms with Crippen LogP contribution < -0.4 is 4.90 Å². The summed E-state index contributed by atoms with van der Waals surface area (Å²) in [6.45, 7) is 7.01. The summed E-state index contributed by atoms with van der Waals surface area (Å²) in [5.74, 6) is 0.0715. The molecule has 7 heteroatoms. The van der Waals surface area contributed by atoms with Crippen LogP contribution in [0.1, 0.15) is 40.0 Å². The molecule has 1 aliphatic rings. The molecule has 1 saturated heterocycles. The third kappa shape index (κ3) is 5.18. The first-order valence-electron chi connectivity index (χ1n) is 8.30. The Labute approximate surface area is 142 Å². The van der Waals surface area contributed by atoms with Gasteiger partial charge in [0.15, 0.2) is 0 Å². The molecule has 0 unspecified atom stereocenters. The molecule has 132 valence electrons. The Hall–Kier alpha value is -2.18. The summed E-state index contributed by atoms with van der Waals surface area (Å²) in [7, 11) is 0. The van der Waals surface area contributed by atoms with Crippen LogP contribution in [0, 0.1) is 5.92 Å². The summed E-state index contributed by atoms with van der Waals surface area (Å²) in [6, 6.07) is 0. The molecular weight excluding hydrogens is 310 g/mol. The lowest BCUT2D eigenvalue weighted by Gasteiger charge is -2.33. The molecule has 0 saturated carbocycles. The highest BCUT2D eigenvalue weighted by molar-refractivity contribution is 5.75. The quantitative estimate of drug-likeness (QED) is 0.735. The monoisotopic (exact) mass is 335 g/mol. The van der Waals surface area contributed by atoms with Gasteiger partial charge in [0, 0.05) is 25.5 Å².